The first-order chi connectivity index (χ1) is 4.46. The molecule has 0 aliphatic carbocycles. The van der Waals surface area contributed by atoms with Gasteiger partial charge in [0.1, 0.15) is 6.10 Å². The van der Waals surface area contributed by atoms with E-state index in [2.05, 4.69) is 5.73 Å². The third kappa shape index (κ3) is 2.02. The molecule has 10 heavy (non-hydrogen) atoms. The Morgan fingerprint density at radius 1 is 1.30 bits per heavy atom. The van der Waals surface area contributed by atoms with Crippen LogP contribution >= 0.6 is 0 Å². The number of nitrogens with two attached hydrogens (primary N) is 2. The van der Waals surface area contributed by atoms with E-state index in [4.69, 9.17) is 10.8 Å². The fraction of sp³-hybridized carbons (Fsp3) is 0.600. The van der Waals surface area contributed by atoms with Crippen molar-refractivity contribution in [3.63, 3.8) is 0 Å². The highest BCUT2D eigenvalue weighted by molar-refractivity contribution is 5.87. The molecular weight excluding hydrogens is 136 g/mol. The average Bonchev–Trinajstić information content (AvgIpc) is 1.84. The molecule has 58 valence electrons. The predicted octanol–water partition coefficient (Wildman–Crippen LogP) is -2.05. The summed E-state index contributed by atoms with van der Waals surface area (Å²) in [4.78, 5) is 20.5. The predicted molar refractivity (Wildman–Crippen MR) is 33.6 cm³/mol. The third-order valence-electron chi connectivity index (χ3n) is 1.21. The van der Waals surface area contributed by atoms with E-state index in [1.54, 1.807) is 0 Å². The summed E-state index contributed by atoms with van der Waals surface area (Å²) >= 11 is 0. The van der Waals surface area contributed by atoms with Crippen molar-refractivity contribution in [1.82, 2.24) is 0 Å². The maximum absolute atomic E-state index is 10.3. The minimum atomic E-state index is -1.47. The van der Waals surface area contributed by atoms with Crippen LogP contribution < -0.4 is 11.5 Å². The monoisotopic (exact) mass is 146 g/mol. The second kappa shape index (κ2) is 3.17. The molecule has 0 heterocycles. The van der Waals surface area contributed by atoms with Gasteiger partial charge in [-0.25, -0.2) is 0 Å². The van der Waals surface area contributed by atoms with Crippen LogP contribution in [0.1, 0.15) is 6.92 Å². The molecule has 0 aromatic rings. The number of rotatable bonds is 3. The van der Waals surface area contributed by atoms with Crippen molar-refractivity contribution >= 4 is 11.8 Å². The van der Waals surface area contributed by atoms with E-state index in [0.717, 1.165) is 0 Å². The Morgan fingerprint density at radius 2 is 1.70 bits per heavy atom. The van der Waals surface area contributed by atoms with Crippen LogP contribution in [0.5, 0.6) is 0 Å². The van der Waals surface area contributed by atoms with Gasteiger partial charge < -0.3 is 16.6 Å². The van der Waals surface area contributed by atoms with Crippen molar-refractivity contribution in [2.24, 2.45) is 17.4 Å². The highest BCUT2D eigenvalue weighted by atomic mass is 16.3. The van der Waals surface area contributed by atoms with Gasteiger partial charge in [-0.3, -0.25) is 9.59 Å². The standard InChI is InChI=1S/C5H10N2O3/c1-2(4(6)9)3(8)5(7)10/h2-3,8H,1H3,(H2,6,9)(H2,7,10). The first-order valence-corrected chi connectivity index (χ1v) is 2.73. The molecule has 5 nitrogen and oxygen atoms in total. The molecule has 0 spiro atoms. The topological polar surface area (TPSA) is 106 Å². The van der Waals surface area contributed by atoms with Crippen LogP contribution in [-0.2, 0) is 9.59 Å². The van der Waals surface area contributed by atoms with E-state index in [0.29, 0.717) is 0 Å². The summed E-state index contributed by atoms with van der Waals surface area (Å²) in [6.45, 7) is 1.33. The van der Waals surface area contributed by atoms with Gasteiger partial charge in [0.2, 0.25) is 11.8 Å². The minimum Gasteiger partial charge on any atom is -0.382 e. The molecule has 0 bridgehead atoms. The number of aliphatic hydroxyl groups is 1. The zero-order valence-electron chi connectivity index (χ0n) is 5.57. The number of carbonyl (C=O) groups excluding carboxylic acids is 2. The maximum atomic E-state index is 10.3. The zero-order chi connectivity index (χ0) is 8.31. The summed E-state index contributed by atoms with van der Waals surface area (Å²) in [7, 11) is 0. The van der Waals surface area contributed by atoms with E-state index >= 15 is 0 Å². The van der Waals surface area contributed by atoms with Gasteiger partial charge >= 0.3 is 0 Å². The molecule has 0 aliphatic rings. The Morgan fingerprint density at radius 3 is 1.80 bits per heavy atom. The number of primary amides is 2. The summed E-state index contributed by atoms with van der Waals surface area (Å²) < 4.78 is 0. The molecule has 0 rings (SSSR count). The number of hydrogen-bond acceptors (Lipinski definition) is 3. The molecule has 0 fully saturated rings. The van der Waals surface area contributed by atoms with E-state index < -0.39 is 23.8 Å². The van der Waals surface area contributed by atoms with Crippen molar-refractivity contribution in [2.45, 2.75) is 13.0 Å². The fourth-order valence-corrected chi connectivity index (χ4v) is 0.402. The van der Waals surface area contributed by atoms with Crippen LogP contribution in [0.4, 0.5) is 0 Å². The van der Waals surface area contributed by atoms with E-state index in [9.17, 15) is 9.59 Å². The van der Waals surface area contributed by atoms with Gasteiger partial charge in [-0.05, 0) is 0 Å². The van der Waals surface area contributed by atoms with Crippen molar-refractivity contribution in [2.75, 3.05) is 0 Å². The summed E-state index contributed by atoms with van der Waals surface area (Å²) in [6, 6.07) is 0. The quantitative estimate of drug-likeness (QED) is 0.426. The molecule has 5 heteroatoms. The second-order valence-electron chi connectivity index (χ2n) is 2.04. The fourth-order valence-electron chi connectivity index (χ4n) is 0.402. The molecule has 0 aromatic heterocycles. The highest BCUT2D eigenvalue weighted by Crippen LogP contribution is 1.99. The van der Waals surface area contributed by atoms with Gasteiger partial charge in [-0.2, -0.15) is 0 Å². The molecule has 2 amide bonds. The lowest BCUT2D eigenvalue weighted by Gasteiger charge is -2.10. The lowest BCUT2D eigenvalue weighted by molar-refractivity contribution is -0.135. The zero-order valence-corrected chi connectivity index (χ0v) is 5.57. The van der Waals surface area contributed by atoms with Gasteiger partial charge in [0, 0.05) is 0 Å². The Labute approximate surface area is 58.0 Å². The lowest BCUT2D eigenvalue weighted by atomic mass is 10.0. The van der Waals surface area contributed by atoms with Gasteiger partial charge in [0.05, 0.1) is 5.92 Å². The number of hydrogen-bond donors (Lipinski definition) is 3. The Hall–Kier alpha value is -1.10. The summed E-state index contributed by atoms with van der Waals surface area (Å²) in [5.74, 6) is -2.60. The minimum absolute atomic E-state index is 0.744. The molecule has 2 atom stereocenters. The van der Waals surface area contributed by atoms with Crippen LogP contribution in [0.15, 0.2) is 0 Å². The van der Waals surface area contributed by atoms with Gasteiger partial charge in [-0.1, -0.05) is 6.92 Å². The van der Waals surface area contributed by atoms with Crippen LogP contribution in [0.2, 0.25) is 0 Å². The van der Waals surface area contributed by atoms with Gasteiger partial charge in [0.25, 0.3) is 0 Å². The molecule has 5 N–H and O–H groups in total. The summed E-state index contributed by atoms with van der Waals surface area (Å²) in [6.07, 6.45) is -1.47. The van der Waals surface area contributed by atoms with Crippen molar-refractivity contribution < 1.29 is 14.7 Å². The molecule has 0 aromatic carbocycles. The van der Waals surface area contributed by atoms with Crippen LogP contribution in [-0.4, -0.2) is 23.0 Å². The molecule has 0 saturated heterocycles. The SMILES string of the molecule is CC(C(N)=O)C(O)C(N)=O. The first kappa shape index (κ1) is 8.90. The molecule has 0 saturated carbocycles. The van der Waals surface area contributed by atoms with Crippen LogP contribution in [0, 0.1) is 5.92 Å². The Balaban J connectivity index is 4.07. The van der Waals surface area contributed by atoms with Crippen LogP contribution in [0.3, 0.4) is 0 Å². The Kier molecular flexibility index (Phi) is 2.82. The van der Waals surface area contributed by atoms with Crippen LogP contribution in [0.25, 0.3) is 0 Å². The first-order valence-electron chi connectivity index (χ1n) is 2.73. The summed E-state index contributed by atoms with van der Waals surface area (Å²) in [5, 5.41) is 8.79. The normalized spacial score (nSPS) is 15.8. The Bertz CT molecular complexity index is 139. The van der Waals surface area contributed by atoms with Crippen molar-refractivity contribution in [3.8, 4) is 0 Å². The smallest absolute Gasteiger partial charge is 0.247 e. The van der Waals surface area contributed by atoms with E-state index in [1.807, 2.05) is 0 Å². The van der Waals surface area contributed by atoms with Crippen molar-refractivity contribution in [1.29, 1.82) is 0 Å². The van der Waals surface area contributed by atoms with E-state index in [1.165, 1.54) is 6.92 Å². The maximum Gasteiger partial charge on any atom is 0.247 e. The molecule has 0 radical (unpaired) electrons. The van der Waals surface area contributed by atoms with Crippen molar-refractivity contribution in [3.05, 3.63) is 0 Å². The molecule has 2 unspecified atom stereocenters. The summed E-state index contributed by atoms with van der Waals surface area (Å²) in [5.41, 5.74) is 9.45. The average molecular weight is 146 g/mol. The number of amides is 2. The number of aliphatic hydroxyl groups excluding tert-OH is 1. The largest absolute Gasteiger partial charge is 0.382 e. The van der Waals surface area contributed by atoms with E-state index in [-0.39, 0.29) is 0 Å². The molecular formula is C5H10N2O3. The second-order valence-corrected chi connectivity index (χ2v) is 2.04. The third-order valence-corrected chi connectivity index (χ3v) is 1.21. The highest BCUT2D eigenvalue weighted by Gasteiger charge is 2.23. The van der Waals surface area contributed by atoms with Gasteiger partial charge in [0.15, 0.2) is 0 Å². The molecule has 0 aliphatic heterocycles. The lowest BCUT2D eigenvalue weighted by Crippen LogP contribution is -2.40. The van der Waals surface area contributed by atoms with Gasteiger partial charge in [-0.15, -0.1) is 0 Å². The number of carbonyl (C=O) groups is 2.